The van der Waals surface area contributed by atoms with Gasteiger partial charge in [-0.2, -0.15) is 0 Å². The van der Waals surface area contributed by atoms with Crippen molar-refractivity contribution in [3.8, 4) is 0 Å². The van der Waals surface area contributed by atoms with Crippen LogP contribution in [0.4, 0.5) is 0 Å². The number of nitrogens with zero attached hydrogens (tertiary/aromatic N) is 4. The zero-order valence-corrected chi connectivity index (χ0v) is 18.7. The molecule has 1 atom stereocenters. The third-order valence-electron chi connectivity index (χ3n) is 7.28. The third kappa shape index (κ3) is 3.79. The van der Waals surface area contributed by atoms with Crippen LogP contribution < -0.4 is 5.56 Å². The van der Waals surface area contributed by atoms with Gasteiger partial charge in [0, 0.05) is 49.7 Å². The lowest BCUT2D eigenvalue weighted by molar-refractivity contribution is 0.0661. The number of hydrogen-bond donors (Lipinski definition) is 0. The minimum atomic E-state index is 0.171. The molecule has 158 valence electrons. The number of aryl methyl sites for hydroxylation is 1. The van der Waals surface area contributed by atoms with E-state index in [1.165, 1.54) is 68.7 Å². The zero-order chi connectivity index (χ0) is 20.0. The molecule has 2 aliphatic carbocycles. The monoisotopic (exact) mass is 414 g/mol. The van der Waals surface area contributed by atoms with Gasteiger partial charge in [-0.1, -0.05) is 26.7 Å². The summed E-state index contributed by atoms with van der Waals surface area (Å²) in [6.45, 7) is 9.94. The first-order valence-electron chi connectivity index (χ1n) is 11.6. The van der Waals surface area contributed by atoms with E-state index in [-0.39, 0.29) is 5.56 Å². The van der Waals surface area contributed by atoms with Crippen LogP contribution in [0.15, 0.2) is 11.1 Å². The number of aromatic nitrogens is 2. The molecular formula is C23H34N4OS. The molecule has 3 aliphatic rings. The van der Waals surface area contributed by atoms with Crippen molar-refractivity contribution in [1.82, 2.24) is 19.4 Å². The molecule has 2 aromatic rings. The SMILES string of the molecule is CC(C)Cn1cnc2sc3c(c2c1=O)CC[C@@H](N1CCN(C2CCCC2)CC1)C3. The maximum atomic E-state index is 13.1. The van der Waals surface area contributed by atoms with E-state index >= 15 is 0 Å². The van der Waals surface area contributed by atoms with E-state index in [2.05, 4.69) is 28.6 Å². The predicted molar refractivity (Wildman–Crippen MR) is 120 cm³/mol. The number of thiophene rings is 1. The fourth-order valence-electron chi connectivity index (χ4n) is 5.76. The van der Waals surface area contributed by atoms with Crippen LogP contribution in [0.3, 0.4) is 0 Å². The Morgan fingerprint density at radius 3 is 2.45 bits per heavy atom. The Morgan fingerprint density at radius 1 is 1.07 bits per heavy atom. The predicted octanol–water partition coefficient (Wildman–Crippen LogP) is 3.53. The maximum absolute atomic E-state index is 13.1. The molecule has 5 nitrogen and oxygen atoms in total. The molecule has 3 heterocycles. The summed E-state index contributed by atoms with van der Waals surface area (Å²) in [4.78, 5) is 25.6. The molecule has 1 saturated carbocycles. The van der Waals surface area contributed by atoms with E-state index in [9.17, 15) is 4.79 Å². The molecule has 0 N–H and O–H groups in total. The van der Waals surface area contributed by atoms with Crippen LogP contribution in [-0.4, -0.2) is 57.6 Å². The van der Waals surface area contributed by atoms with Gasteiger partial charge in [-0.05, 0) is 43.6 Å². The van der Waals surface area contributed by atoms with Crippen LogP contribution >= 0.6 is 11.3 Å². The van der Waals surface area contributed by atoms with Gasteiger partial charge in [-0.15, -0.1) is 11.3 Å². The van der Waals surface area contributed by atoms with Crippen LogP contribution in [0.1, 0.15) is 56.4 Å². The van der Waals surface area contributed by atoms with Crippen LogP contribution in [0, 0.1) is 5.92 Å². The molecule has 0 spiro atoms. The van der Waals surface area contributed by atoms with Crippen molar-refractivity contribution in [2.75, 3.05) is 26.2 Å². The summed E-state index contributed by atoms with van der Waals surface area (Å²) in [5.41, 5.74) is 1.48. The summed E-state index contributed by atoms with van der Waals surface area (Å²) in [7, 11) is 0. The van der Waals surface area contributed by atoms with Gasteiger partial charge in [0.15, 0.2) is 0 Å². The Kier molecular flexibility index (Phi) is 5.52. The van der Waals surface area contributed by atoms with Crippen molar-refractivity contribution in [2.45, 2.75) is 77.4 Å². The average Bonchev–Trinajstić information content (AvgIpc) is 3.37. The van der Waals surface area contributed by atoms with Gasteiger partial charge < -0.3 is 0 Å². The van der Waals surface area contributed by atoms with Crippen molar-refractivity contribution in [1.29, 1.82) is 0 Å². The third-order valence-corrected chi connectivity index (χ3v) is 8.44. The van der Waals surface area contributed by atoms with Gasteiger partial charge >= 0.3 is 0 Å². The molecule has 2 fully saturated rings. The first kappa shape index (κ1) is 19.7. The normalized spacial score (nSPS) is 24.6. The van der Waals surface area contributed by atoms with Gasteiger partial charge in [0.2, 0.25) is 0 Å². The van der Waals surface area contributed by atoms with Crippen molar-refractivity contribution in [2.24, 2.45) is 5.92 Å². The van der Waals surface area contributed by atoms with Crippen molar-refractivity contribution in [3.63, 3.8) is 0 Å². The van der Waals surface area contributed by atoms with Gasteiger partial charge in [-0.25, -0.2) is 4.98 Å². The van der Waals surface area contributed by atoms with E-state index in [0.29, 0.717) is 12.0 Å². The summed E-state index contributed by atoms with van der Waals surface area (Å²) >= 11 is 1.77. The van der Waals surface area contributed by atoms with Crippen molar-refractivity contribution < 1.29 is 0 Å². The fourth-order valence-corrected chi connectivity index (χ4v) is 7.00. The Balaban J connectivity index is 1.30. The second-order valence-electron chi connectivity index (χ2n) is 9.69. The highest BCUT2D eigenvalue weighted by Crippen LogP contribution is 2.35. The summed E-state index contributed by atoms with van der Waals surface area (Å²) in [5.74, 6) is 0.452. The van der Waals surface area contributed by atoms with Gasteiger partial charge in [-0.3, -0.25) is 19.2 Å². The average molecular weight is 415 g/mol. The first-order chi connectivity index (χ1) is 14.1. The molecule has 0 bridgehead atoms. The van der Waals surface area contributed by atoms with Gasteiger partial charge in [0.1, 0.15) is 4.83 Å². The number of fused-ring (bicyclic) bond motifs is 3. The minimum absolute atomic E-state index is 0.171. The lowest BCUT2D eigenvalue weighted by Gasteiger charge is -2.42. The molecule has 29 heavy (non-hydrogen) atoms. The van der Waals surface area contributed by atoms with Gasteiger partial charge in [0.05, 0.1) is 11.7 Å². The molecule has 0 aromatic carbocycles. The highest BCUT2D eigenvalue weighted by molar-refractivity contribution is 7.18. The van der Waals surface area contributed by atoms with Gasteiger partial charge in [0.25, 0.3) is 5.56 Å². The highest BCUT2D eigenvalue weighted by atomic mass is 32.1. The lowest BCUT2D eigenvalue weighted by Crippen LogP contribution is -2.53. The Bertz CT molecular complexity index is 919. The zero-order valence-electron chi connectivity index (χ0n) is 17.9. The van der Waals surface area contributed by atoms with E-state index in [1.54, 1.807) is 17.7 Å². The van der Waals surface area contributed by atoms with Crippen molar-refractivity contribution >= 4 is 21.6 Å². The molecule has 1 saturated heterocycles. The Morgan fingerprint density at radius 2 is 1.76 bits per heavy atom. The Hall–Kier alpha value is -1.24. The molecule has 1 aliphatic heterocycles. The molecule has 5 rings (SSSR count). The molecule has 0 amide bonds. The lowest BCUT2D eigenvalue weighted by atomic mass is 9.91. The number of rotatable bonds is 4. The smallest absolute Gasteiger partial charge is 0.262 e. The molecule has 0 unspecified atom stereocenters. The Labute approximate surface area is 177 Å². The summed E-state index contributed by atoms with van der Waals surface area (Å²) in [6, 6.07) is 1.50. The standard InChI is InChI=1S/C23H34N4OS/c1-16(2)14-27-15-24-22-21(23(27)28)19-8-7-18(13-20(19)29-22)26-11-9-25(10-12-26)17-5-3-4-6-17/h15-18H,3-14H2,1-2H3/t18-/m1/s1. The van der Waals surface area contributed by atoms with Crippen LogP contribution in [0.25, 0.3) is 10.2 Å². The van der Waals surface area contributed by atoms with E-state index in [4.69, 9.17) is 0 Å². The molecule has 0 radical (unpaired) electrons. The van der Waals surface area contributed by atoms with E-state index in [1.807, 2.05) is 4.57 Å². The maximum Gasteiger partial charge on any atom is 0.262 e. The topological polar surface area (TPSA) is 41.4 Å². The van der Waals surface area contributed by atoms with E-state index in [0.717, 1.165) is 35.6 Å². The first-order valence-corrected chi connectivity index (χ1v) is 12.4. The second kappa shape index (κ2) is 8.12. The summed E-state index contributed by atoms with van der Waals surface area (Å²) < 4.78 is 1.81. The fraction of sp³-hybridized carbons (Fsp3) is 0.739. The molecular weight excluding hydrogens is 380 g/mol. The molecule has 6 heteroatoms. The molecule has 2 aromatic heterocycles. The van der Waals surface area contributed by atoms with Crippen LogP contribution in [0.2, 0.25) is 0 Å². The number of hydrogen-bond acceptors (Lipinski definition) is 5. The highest BCUT2D eigenvalue weighted by Gasteiger charge is 2.32. The second-order valence-corrected chi connectivity index (χ2v) is 10.8. The summed E-state index contributed by atoms with van der Waals surface area (Å²) in [5, 5.41) is 0.914. The minimum Gasteiger partial charge on any atom is -0.298 e. The van der Waals surface area contributed by atoms with Crippen LogP contribution in [0.5, 0.6) is 0 Å². The quantitative estimate of drug-likeness (QED) is 0.767. The van der Waals surface area contributed by atoms with Crippen molar-refractivity contribution in [3.05, 3.63) is 27.1 Å². The van der Waals surface area contributed by atoms with E-state index < -0.39 is 0 Å². The number of piperazine rings is 1. The largest absolute Gasteiger partial charge is 0.298 e. The summed E-state index contributed by atoms with van der Waals surface area (Å²) in [6.07, 6.45) is 10.7. The van der Waals surface area contributed by atoms with Crippen LogP contribution in [-0.2, 0) is 19.4 Å².